The van der Waals surface area contributed by atoms with Crippen molar-refractivity contribution in [3.8, 4) is 5.75 Å². The van der Waals surface area contributed by atoms with Crippen LogP contribution in [0.1, 0.15) is 46.0 Å². The van der Waals surface area contributed by atoms with Crippen LogP contribution in [0.15, 0.2) is 50.3 Å². The molecule has 8 heteroatoms. The van der Waals surface area contributed by atoms with E-state index in [1.807, 2.05) is 19.1 Å². The molecule has 0 aliphatic heterocycles. The monoisotopic (exact) mass is 548 g/mol. The molecule has 0 aromatic heterocycles. The molecule has 0 bridgehead atoms. The molecule has 2 unspecified atom stereocenters. The van der Waals surface area contributed by atoms with Crippen molar-refractivity contribution in [1.29, 1.82) is 0 Å². The summed E-state index contributed by atoms with van der Waals surface area (Å²) in [6, 6.07) is 3.46. The molecule has 2 atom stereocenters. The van der Waals surface area contributed by atoms with Crippen molar-refractivity contribution < 1.29 is 13.2 Å². The summed E-state index contributed by atoms with van der Waals surface area (Å²) in [4.78, 5) is 0.173. The Labute approximate surface area is 191 Å². The standard InChI is InChI=1S/C21H30Br2N2O3S/c1-4-6-12-21(5-2,15-24-16-10-8-7-9-11-16)25-29(26,27)20-14-19(28-3)17(22)13-18(20)23/h7-10,13-14,16,24-25H,4-6,11-12,15H2,1-3H3. The second-order valence-electron chi connectivity index (χ2n) is 7.30. The van der Waals surface area contributed by atoms with Crippen LogP contribution in [0.5, 0.6) is 5.75 Å². The van der Waals surface area contributed by atoms with Gasteiger partial charge in [0.05, 0.1) is 16.5 Å². The Kier molecular flexibility index (Phi) is 9.41. The van der Waals surface area contributed by atoms with Crippen molar-refractivity contribution in [2.75, 3.05) is 13.7 Å². The molecule has 1 aromatic carbocycles. The van der Waals surface area contributed by atoms with Gasteiger partial charge >= 0.3 is 0 Å². The molecule has 5 nitrogen and oxygen atoms in total. The summed E-state index contributed by atoms with van der Waals surface area (Å²) in [5.41, 5.74) is -0.566. The van der Waals surface area contributed by atoms with Crippen molar-refractivity contribution in [2.45, 2.75) is 62.4 Å². The summed E-state index contributed by atoms with van der Waals surface area (Å²) >= 11 is 6.79. The number of benzene rings is 1. The van der Waals surface area contributed by atoms with Gasteiger partial charge in [0, 0.05) is 28.7 Å². The highest BCUT2D eigenvalue weighted by Crippen LogP contribution is 2.35. The van der Waals surface area contributed by atoms with Crippen LogP contribution in [-0.2, 0) is 10.0 Å². The summed E-state index contributed by atoms with van der Waals surface area (Å²) in [6.07, 6.45) is 12.6. The molecule has 0 spiro atoms. The van der Waals surface area contributed by atoms with Gasteiger partial charge in [-0.3, -0.25) is 0 Å². The lowest BCUT2D eigenvalue weighted by Gasteiger charge is -2.35. The van der Waals surface area contributed by atoms with Crippen molar-refractivity contribution in [2.24, 2.45) is 0 Å². The maximum absolute atomic E-state index is 13.4. The van der Waals surface area contributed by atoms with E-state index in [0.29, 0.717) is 27.7 Å². The first kappa shape index (κ1) is 24.6. The third-order valence-electron chi connectivity index (χ3n) is 5.22. The highest BCUT2D eigenvalue weighted by atomic mass is 79.9. The lowest BCUT2D eigenvalue weighted by molar-refractivity contribution is 0.306. The van der Waals surface area contributed by atoms with E-state index in [4.69, 9.17) is 4.74 Å². The van der Waals surface area contributed by atoms with E-state index in [1.165, 1.54) is 7.11 Å². The lowest BCUT2D eigenvalue weighted by Crippen LogP contribution is -2.55. The Balaban J connectivity index is 2.30. The first-order chi connectivity index (χ1) is 13.8. The molecule has 1 aliphatic rings. The molecule has 162 valence electrons. The van der Waals surface area contributed by atoms with Crippen LogP contribution >= 0.6 is 31.9 Å². The summed E-state index contributed by atoms with van der Waals surface area (Å²) in [6.45, 7) is 4.72. The van der Waals surface area contributed by atoms with Crippen LogP contribution in [0.25, 0.3) is 0 Å². The minimum absolute atomic E-state index is 0.173. The molecule has 1 aromatic rings. The number of halogens is 2. The average Bonchev–Trinajstić information content (AvgIpc) is 2.70. The minimum atomic E-state index is -3.76. The van der Waals surface area contributed by atoms with E-state index in [1.54, 1.807) is 12.1 Å². The highest BCUT2D eigenvalue weighted by Gasteiger charge is 2.34. The zero-order chi connectivity index (χ0) is 21.5. The molecule has 0 radical (unpaired) electrons. The van der Waals surface area contributed by atoms with Crippen LogP contribution in [-0.4, -0.2) is 33.7 Å². The number of allylic oxidation sites excluding steroid dienone is 2. The van der Waals surface area contributed by atoms with Crippen molar-refractivity contribution in [1.82, 2.24) is 10.0 Å². The van der Waals surface area contributed by atoms with E-state index in [2.05, 4.69) is 61.0 Å². The zero-order valence-corrected chi connectivity index (χ0v) is 21.2. The van der Waals surface area contributed by atoms with Crippen molar-refractivity contribution in [3.05, 3.63) is 45.4 Å². The number of hydrogen-bond donors (Lipinski definition) is 2. The number of unbranched alkanes of at least 4 members (excludes halogenated alkanes) is 1. The van der Waals surface area contributed by atoms with Crippen LogP contribution in [0.3, 0.4) is 0 Å². The maximum atomic E-state index is 13.4. The van der Waals surface area contributed by atoms with Gasteiger partial charge in [0.15, 0.2) is 0 Å². The second-order valence-corrected chi connectivity index (χ2v) is 10.7. The quantitative estimate of drug-likeness (QED) is 0.392. The van der Waals surface area contributed by atoms with E-state index >= 15 is 0 Å². The zero-order valence-electron chi connectivity index (χ0n) is 17.2. The van der Waals surface area contributed by atoms with Gasteiger partial charge in [-0.25, -0.2) is 13.1 Å². The van der Waals surface area contributed by atoms with Crippen LogP contribution in [0.4, 0.5) is 0 Å². The second kappa shape index (κ2) is 11.1. The van der Waals surface area contributed by atoms with Gasteiger partial charge < -0.3 is 10.1 Å². The minimum Gasteiger partial charge on any atom is -0.496 e. The number of hydrogen-bond acceptors (Lipinski definition) is 4. The Morgan fingerprint density at radius 2 is 1.97 bits per heavy atom. The molecule has 0 heterocycles. The van der Waals surface area contributed by atoms with Gasteiger partial charge in [0.25, 0.3) is 0 Å². The number of ether oxygens (including phenoxy) is 1. The van der Waals surface area contributed by atoms with E-state index in [9.17, 15) is 8.42 Å². The molecule has 0 amide bonds. The first-order valence-electron chi connectivity index (χ1n) is 9.90. The van der Waals surface area contributed by atoms with Gasteiger partial charge in [-0.2, -0.15) is 0 Å². The topological polar surface area (TPSA) is 67.4 Å². The van der Waals surface area contributed by atoms with Gasteiger partial charge in [-0.15, -0.1) is 0 Å². The van der Waals surface area contributed by atoms with Crippen molar-refractivity contribution in [3.63, 3.8) is 0 Å². The van der Waals surface area contributed by atoms with E-state index < -0.39 is 15.6 Å². The van der Waals surface area contributed by atoms with Gasteiger partial charge in [0.1, 0.15) is 5.75 Å². The third-order valence-corrected chi connectivity index (χ3v) is 8.37. The first-order valence-corrected chi connectivity index (χ1v) is 13.0. The Morgan fingerprint density at radius 1 is 1.21 bits per heavy atom. The number of sulfonamides is 1. The normalized spacial score (nSPS) is 18.6. The number of methoxy groups -OCH3 is 1. The molecule has 0 fully saturated rings. The maximum Gasteiger partial charge on any atom is 0.242 e. The fourth-order valence-corrected chi connectivity index (χ4v) is 6.71. The molecule has 2 N–H and O–H groups in total. The number of rotatable bonds is 11. The van der Waals surface area contributed by atoms with E-state index in [0.717, 1.165) is 25.7 Å². The molecule has 0 saturated carbocycles. The average molecular weight is 550 g/mol. The fourth-order valence-electron chi connectivity index (χ4n) is 3.34. The van der Waals surface area contributed by atoms with E-state index in [-0.39, 0.29) is 10.9 Å². The fraction of sp³-hybridized carbons (Fsp3) is 0.524. The van der Waals surface area contributed by atoms with Crippen LogP contribution < -0.4 is 14.8 Å². The van der Waals surface area contributed by atoms with Gasteiger partial charge in [-0.05, 0) is 57.2 Å². The molecule has 0 saturated heterocycles. The van der Waals surface area contributed by atoms with Gasteiger partial charge in [-0.1, -0.05) is 51.0 Å². The predicted molar refractivity (Wildman–Crippen MR) is 126 cm³/mol. The Hall–Kier alpha value is -0.670. The SMILES string of the molecule is CCCCC(CC)(CNC1C=CC=CC1)NS(=O)(=O)c1cc(OC)c(Br)cc1Br. The molecular weight excluding hydrogens is 520 g/mol. The van der Waals surface area contributed by atoms with Crippen molar-refractivity contribution >= 4 is 41.9 Å². The third kappa shape index (κ3) is 6.66. The molecular formula is C21H30Br2N2O3S. The summed E-state index contributed by atoms with van der Waals surface area (Å²) < 4.78 is 36.2. The summed E-state index contributed by atoms with van der Waals surface area (Å²) in [7, 11) is -2.24. The Bertz CT molecular complexity index is 856. The van der Waals surface area contributed by atoms with Crippen LogP contribution in [0.2, 0.25) is 0 Å². The van der Waals surface area contributed by atoms with Crippen LogP contribution in [0, 0.1) is 0 Å². The molecule has 29 heavy (non-hydrogen) atoms. The molecule has 1 aliphatic carbocycles. The smallest absolute Gasteiger partial charge is 0.242 e. The molecule has 2 rings (SSSR count). The van der Waals surface area contributed by atoms with Gasteiger partial charge in [0.2, 0.25) is 10.0 Å². The predicted octanol–water partition coefficient (Wildman–Crippen LogP) is 5.31. The lowest BCUT2D eigenvalue weighted by atomic mass is 9.90. The largest absolute Gasteiger partial charge is 0.496 e. The Morgan fingerprint density at radius 3 is 2.55 bits per heavy atom. The number of nitrogens with one attached hydrogen (secondary N) is 2. The summed E-state index contributed by atoms with van der Waals surface area (Å²) in [5, 5.41) is 3.53. The highest BCUT2D eigenvalue weighted by molar-refractivity contribution is 9.11. The summed E-state index contributed by atoms with van der Waals surface area (Å²) in [5.74, 6) is 0.474.